The van der Waals surface area contributed by atoms with Gasteiger partial charge < -0.3 is 14.8 Å². The largest absolute Gasteiger partial charge is 0.419 e. The van der Waals surface area contributed by atoms with Gasteiger partial charge in [0.25, 0.3) is 0 Å². The Labute approximate surface area is 92.3 Å². The van der Waals surface area contributed by atoms with Gasteiger partial charge in [-0.2, -0.15) is 0 Å². The van der Waals surface area contributed by atoms with E-state index in [-0.39, 0.29) is 12.4 Å². The molecule has 0 bridgehead atoms. The fourth-order valence-electron chi connectivity index (χ4n) is 1.59. The molecular weight excluding hydrogens is 208 g/mol. The van der Waals surface area contributed by atoms with E-state index >= 15 is 0 Å². The van der Waals surface area contributed by atoms with Crippen molar-refractivity contribution in [3.05, 3.63) is 34.3 Å². The first-order valence-electron chi connectivity index (χ1n) is 5.12. The molecule has 16 heavy (non-hydrogen) atoms. The SMILES string of the molecule is Cn1c(=O)oc2ccc(CNCCO)cc21. The van der Waals surface area contributed by atoms with Gasteiger partial charge in [-0.15, -0.1) is 0 Å². The van der Waals surface area contributed by atoms with Gasteiger partial charge >= 0.3 is 5.76 Å². The zero-order chi connectivity index (χ0) is 11.5. The molecule has 0 unspecified atom stereocenters. The lowest BCUT2D eigenvalue weighted by Crippen LogP contribution is -2.17. The number of nitrogens with zero attached hydrogens (tertiary/aromatic N) is 1. The van der Waals surface area contributed by atoms with Gasteiger partial charge in [0.05, 0.1) is 12.1 Å². The van der Waals surface area contributed by atoms with Gasteiger partial charge in [-0.1, -0.05) is 6.07 Å². The van der Waals surface area contributed by atoms with Gasteiger partial charge in [-0.05, 0) is 17.7 Å². The lowest BCUT2D eigenvalue weighted by Gasteiger charge is -2.02. The second-order valence-electron chi connectivity index (χ2n) is 3.63. The molecule has 0 radical (unpaired) electrons. The maximum atomic E-state index is 11.3. The van der Waals surface area contributed by atoms with Crippen molar-refractivity contribution in [1.29, 1.82) is 0 Å². The van der Waals surface area contributed by atoms with Crippen molar-refractivity contribution in [2.24, 2.45) is 7.05 Å². The number of aliphatic hydroxyl groups is 1. The zero-order valence-electron chi connectivity index (χ0n) is 9.06. The van der Waals surface area contributed by atoms with E-state index in [2.05, 4.69) is 5.32 Å². The van der Waals surface area contributed by atoms with Crippen LogP contribution in [-0.2, 0) is 13.6 Å². The predicted octanol–water partition coefficient (Wildman–Crippen LogP) is 0.213. The Bertz CT molecular complexity index is 542. The van der Waals surface area contributed by atoms with E-state index in [9.17, 15) is 4.79 Å². The van der Waals surface area contributed by atoms with E-state index in [0.29, 0.717) is 18.7 Å². The number of aryl methyl sites for hydroxylation is 1. The van der Waals surface area contributed by atoms with Gasteiger partial charge in [0.15, 0.2) is 5.58 Å². The van der Waals surface area contributed by atoms with Crippen LogP contribution >= 0.6 is 0 Å². The lowest BCUT2D eigenvalue weighted by molar-refractivity contribution is 0.292. The summed E-state index contributed by atoms with van der Waals surface area (Å²) in [6, 6.07) is 5.59. The Morgan fingerprint density at radius 1 is 1.50 bits per heavy atom. The van der Waals surface area contributed by atoms with Crippen molar-refractivity contribution in [3.8, 4) is 0 Å². The molecule has 0 spiro atoms. The number of aliphatic hydroxyl groups excluding tert-OH is 1. The van der Waals surface area contributed by atoms with E-state index < -0.39 is 0 Å². The van der Waals surface area contributed by atoms with Gasteiger partial charge in [0.1, 0.15) is 0 Å². The maximum absolute atomic E-state index is 11.3. The first-order valence-corrected chi connectivity index (χ1v) is 5.12. The topological polar surface area (TPSA) is 67.4 Å². The summed E-state index contributed by atoms with van der Waals surface area (Å²) in [4.78, 5) is 11.3. The second kappa shape index (κ2) is 4.51. The molecule has 0 amide bonds. The van der Waals surface area contributed by atoms with E-state index in [1.807, 2.05) is 12.1 Å². The number of hydrogen-bond acceptors (Lipinski definition) is 4. The van der Waals surface area contributed by atoms with E-state index in [1.165, 1.54) is 4.57 Å². The molecule has 5 heteroatoms. The highest BCUT2D eigenvalue weighted by atomic mass is 16.4. The third-order valence-corrected chi connectivity index (χ3v) is 2.47. The molecule has 2 aromatic rings. The highest BCUT2D eigenvalue weighted by Crippen LogP contribution is 2.13. The highest BCUT2D eigenvalue weighted by molar-refractivity contribution is 5.73. The number of rotatable bonds is 4. The van der Waals surface area contributed by atoms with Crippen molar-refractivity contribution < 1.29 is 9.52 Å². The fraction of sp³-hybridized carbons (Fsp3) is 0.364. The number of oxazole rings is 1. The summed E-state index contributed by atoms with van der Waals surface area (Å²) in [5.74, 6) is -0.351. The van der Waals surface area contributed by atoms with Crippen LogP contribution in [0.3, 0.4) is 0 Å². The molecule has 0 saturated heterocycles. The smallest absolute Gasteiger partial charge is 0.408 e. The van der Waals surface area contributed by atoms with Crippen molar-refractivity contribution in [3.63, 3.8) is 0 Å². The highest BCUT2D eigenvalue weighted by Gasteiger charge is 2.05. The molecule has 0 atom stereocenters. The monoisotopic (exact) mass is 222 g/mol. The lowest BCUT2D eigenvalue weighted by atomic mass is 10.2. The molecule has 2 rings (SSSR count). The van der Waals surface area contributed by atoms with Crippen LogP contribution in [0.25, 0.3) is 11.1 Å². The summed E-state index contributed by atoms with van der Waals surface area (Å²) < 4.78 is 6.50. The van der Waals surface area contributed by atoms with Crippen LogP contribution in [0, 0.1) is 0 Å². The van der Waals surface area contributed by atoms with Gasteiger partial charge in [-0.3, -0.25) is 4.57 Å². The van der Waals surface area contributed by atoms with E-state index in [0.717, 1.165) is 11.1 Å². The summed E-state index contributed by atoms with van der Waals surface area (Å²) in [6.07, 6.45) is 0. The predicted molar refractivity (Wildman–Crippen MR) is 60.2 cm³/mol. The minimum absolute atomic E-state index is 0.118. The van der Waals surface area contributed by atoms with Gasteiger partial charge in [0, 0.05) is 20.1 Å². The molecular formula is C11H14N2O3. The first-order chi connectivity index (χ1) is 7.72. The third kappa shape index (κ3) is 2.00. The molecule has 0 saturated carbocycles. The van der Waals surface area contributed by atoms with Gasteiger partial charge in [0.2, 0.25) is 0 Å². The minimum atomic E-state index is -0.351. The Kier molecular flexibility index (Phi) is 3.07. The van der Waals surface area contributed by atoms with Crippen LogP contribution in [0.5, 0.6) is 0 Å². The quantitative estimate of drug-likeness (QED) is 0.726. The molecule has 0 aliphatic rings. The Morgan fingerprint density at radius 2 is 2.31 bits per heavy atom. The molecule has 86 valence electrons. The first kappa shape index (κ1) is 10.9. The van der Waals surface area contributed by atoms with Crippen molar-refractivity contribution in [2.75, 3.05) is 13.2 Å². The van der Waals surface area contributed by atoms with Crippen molar-refractivity contribution in [2.45, 2.75) is 6.54 Å². The summed E-state index contributed by atoms with van der Waals surface area (Å²) in [7, 11) is 1.68. The Balaban J connectivity index is 2.28. The average molecular weight is 222 g/mol. The molecule has 5 nitrogen and oxygen atoms in total. The standard InChI is InChI=1S/C11H14N2O3/c1-13-9-6-8(7-12-4-5-14)2-3-10(9)16-11(13)15/h2-3,6,12,14H,4-5,7H2,1H3. The summed E-state index contributed by atoms with van der Waals surface area (Å²) in [6.45, 7) is 1.34. The van der Waals surface area contributed by atoms with Crippen LogP contribution in [0.1, 0.15) is 5.56 Å². The minimum Gasteiger partial charge on any atom is -0.408 e. The van der Waals surface area contributed by atoms with Crippen molar-refractivity contribution >= 4 is 11.1 Å². The number of nitrogens with one attached hydrogen (secondary N) is 1. The molecule has 1 aromatic heterocycles. The Hall–Kier alpha value is -1.59. The maximum Gasteiger partial charge on any atom is 0.419 e. The third-order valence-electron chi connectivity index (χ3n) is 2.47. The summed E-state index contributed by atoms with van der Waals surface area (Å²) in [5.41, 5.74) is 2.43. The van der Waals surface area contributed by atoms with Crippen LogP contribution in [-0.4, -0.2) is 22.8 Å². The number of benzene rings is 1. The molecule has 0 aliphatic carbocycles. The fourth-order valence-corrected chi connectivity index (χ4v) is 1.59. The van der Waals surface area contributed by atoms with E-state index in [1.54, 1.807) is 13.1 Å². The van der Waals surface area contributed by atoms with Crippen LogP contribution in [0.15, 0.2) is 27.4 Å². The molecule has 1 aromatic carbocycles. The summed E-state index contributed by atoms with van der Waals surface area (Å²) in [5, 5.41) is 11.7. The summed E-state index contributed by atoms with van der Waals surface area (Å²) >= 11 is 0. The molecule has 2 N–H and O–H groups in total. The second-order valence-corrected chi connectivity index (χ2v) is 3.63. The van der Waals surface area contributed by atoms with Crippen LogP contribution in [0.2, 0.25) is 0 Å². The zero-order valence-corrected chi connectivity index (χ0v) is 9.06. The van der Waals surface area contributed by atoms with Gasteiger partial charge in [-0.25, -0.2) is 4.79 Å². The molecule has 0 aliphatic heterocycles. The number of hydrogen-bond donors (Lipinski definition) is 2. The molecule has 1 heterocycles. The Morgan fingerprint density at radius 3 is 3.06 bits per heavy atom. The van der Waals surface area contributed by atoms with Crippen molar-refractivity contribution in [1.82, 2.24) is 9.88 Å². The number of fused-ring (bicyclic) bond motifs is 1. The normalized spacial score (nSPS) is 11.1. The number of aromatic nitrogens is 1. The van der Waals surface area contributed by atoms with Crippen LogP contribution in [0.4, 0.5) is 0 Å². The van der Waals surface area contributed by atoms with Crippen LogP contribution < -0.4 is 11.1 Å². The average Bonchev–Trinajstić information content (AvgIpc) is 2.56. The molecule has 0 fully saturated rings. The van der Waals surface area contributed by atoms with E-state index in [4.69, 9.17) is 9.52 Å².